The summed E-state index contributed by atoms with van der Waals surface area (Å²) in [5.41, 5.74) is 4.50. The first kappa shape index (κ1) is 54.9. The number of Topliss-reactive ketones (excluding diaryl/α,β-unsaturated/α-hetero) is 1. The van der Waals surface area contributed by atoms with Crippen LogP contribution in [0, 0.1) is 13.8 Å². The minimum absolute atomic E-state index is 0.170. The Morgan fingerprint density at radius 1 is 0.527 bits per heavy atom. The van der Waals surface area contributed by atoms with Gasteiger partial charge in [0.25, 0.3) is 5.91 Å². The number of hydrogen-bond donors (Lipinski definition) is 0. The second-order valence-corrected chi connectivity index (χ2v) is 15.5. The van der Waals surface area contributed by atoms with Crippen LogP contribution in [0.2, 0.25) is 0 Å². The van der Waals surface area contributed by atoms with Crippen LogP contribution < -0.4 is 28.4 Å². The standard InChI is InChI=1S/C26H26N2O7.C15H19N3O4.C13H14O4/c1-6-33-24(16-7-9-17(10-8-16)26-28-27-15(2)34-26)23(29)20-12-11-19(35-20)18-13-21(30-3)25(32-5)22(14-18)31-4;1-5-21-13(15(19)18(3)20-4)11-6-8-12(9-7-11)14-17-16-10(2)22-14;1-14-11-7-9(10-5-4-6-17-10)8-12(15-2)13(11)16-3/h7-14,24H,6H2,1-5H3;6-9,13H,5H2,1-4H3;4-8H,1-3H3. The Bertz CT molecular complexity index is 2990. The van der Waals surface area contributed by atoms with Gasteiger partial charge in [0.15, 0.2) is 34.9 Å². The Kier molecular flexibility index (Phi) is 19.5. The molecule has 4 aromatic carbocycles. The van der Waals surface area contributed by atoms with Gasteiger partial charge in [0, 0.05) is 56.4 Å². The summed E-state index contributed by atoms with van der Waals surface area (Å²) >= 11 is 0. The minimum Gasteiger partial charge on any atom is -0.493 e. The lowest BCUT2D eigenvalue weighted by atomic mass is 10.0. The van der Waals surface area contributed by atoms with Crippen LogP contribution in [0.5, 0.6) is 34.5 Å². The van der Waals surface area contributed by atoms with Crippen molar-refractivity contribution >= 4 is 11.7 Å². The molecule has 2 atom stereocenters. The number of aromatic nitrogens is 4. The third-order valence-corrected chi connectivity index (χ3v) is 11.0. The van der Waals surface area contributed by atoms with E-state index in [9.17, 15) is 9.59 Å². The number of likely N-dealkylation sites (N-methyl/N-ethyl adjacent to an activating group) is 1. The van der Waals surface area contributed by atoms with Gasteiger partial charge in [-0.15, -0.1) is 20.4 Å². The molecule has 0 aliphatic carbocycles. The lowest BCUT2D eigenvalue weighted by Gasteiger charge is -2.22. The number of ketones is 1. The number of ether oxygens (including phenoxy) is 8. The fourth-order valence-corrected chi connectivity index (χ4v) is 7.29. The summed E-state index contributed by atoms with van der Waals surface area (Å²) < 4.78 is 65.4. The van der Waals surface area contributed by atoms with E-state index in [1.807, 2.05) is 62.4 Å². The van der Waals surface area contributed by atoms with Crippen LogP contribution >= 0.6 is 0 Å². The number of aryl methyl sites for hydroxylation is 2. The lowest BCUT2D eigenvalue weighted by molar-refractivity contribution is -0.181. The largest absolute Gasteiger partial charge is 0.493 e. The first-order valence-electron chi connectivity index (χ1n) is 23.0. The molecule has 0 fully saturated rings. The van der Waals surface area contributed by atoms with Crippen molar-refractivity contribution in [2.24, 2.45) is 0 Å². The molecule has 0 saturated carbocycles. The van der Waals surface area contributed by atoms with Gasteiger partial charge < -0.3 is 55.6 Å². The number of carbonyl (C=O) groups is 2. The summed E-state index contributed by atoms with van der Waals surface area (Å²) in [6.45, 7) is 7.89. The monoisotopic (exact) mass is 1020 g/mol. The molecule has 0 radical (unpaired) electrons. The van der Waals surface area contributed by atoms with E-state index in [4.69, 9.17) is 60.4 Å². The van der Waals surface area contributed by atoms with E-state index >= 15 is 0 Å². The molecule has 1 amide bonds. The number of benzene rings is 4. The van der Waals surface area contributed by atoms with Crippen LogP contribution in [0.4, 0.5) is 0 Å². The van der Waals surface area contributed by atoms with Gasteiger partial charge in [0.05, 0.1) is 56.0 Å². The fourth-order valence-electron chi connectivity index (χ4n) is 7.29. The molecule has 20 nitrogen and oxygen atoms in total. The molecule has 74 heavy (non-hydrogen) atoms. The van der Waals surface area contributed by atoms with Gasteiger partial charge in [-0.05, 0) is 97.8 Å². The second-order valence-electron chi connectivity index (χ2n) is 15.5. The van der Waals surface area contributed by atoms with Crippen LogP contribution in [0.3, 0.4) is 0 Å². The maximum absolute atomic E-state index is 13.4. The number of amides is 1. The van der Waals surface area contributed by atoms with Gasteiger partial charge in [0.1, 0.15) is 17.6 Å². The molecule has 4 aromatic heterocycles. The number of hydroxylamine groups is 2. The number of rotatable bonds is 20. The van der Waals surface area contributed by atoms with E-state index in [1.165, 1.54) is 28.4 Å². The van der Waals surface area contributed by atoms with Crippen molar-refractivity contribution in [2.45, 2.75) is 39.9 Å². The van der Waals surface area contributed by atoms with Crippen molar-refractivity contribution in [1.29, 1.82) is 0 Å². The number of hydrogen-bond acceptors (Lipinski definition) is 19. The molecule has 4 heterocycles. The Morgan fingerprint density at radius 3 is 1.35 bits per heavy atom. The Hall–Kier alpha value is -8.46. The third kappa shape index (κ3) is 13.1. The van der Waals surface area contributed by atoms with Crippen LogP contribution in [0.25, 0.3) is 45.6 Å². The third-order valence-electron chi connectivity index (χ3n) is 11.0. The highest BCUT2D eigenvalue weighted by atomic mass is 16.7. The van der Waals surface area contributed by atoms with E-state index in [1.54, 1.807) is 97.0 Å². The normalized spacial score (nSPS) is 11.5. The summed E-state index contributed by atoms with van der Waals surface area (Å²) in [5, 5.41) is 16.8. The van der Waals surface area contributed by atoms with Crippen LogP contribution in [0.15, 0.2) is 121 Å². The minimum atomic E-state index is -0.836. The smallest absolute Gasteiger partial charge is 0.279 e. The van der Waals surface area contributed by atoms with Crippen molar-refractivity contribution in [3.05, 3.63) is 132 Å². The van der Waals surface area contributed by atoms with Crippen molar-refractivity contribution < 1.29 is 70.0 Å². The molecule has 0 saturated heterocycles. The molecule has 0 spiro atoms. The average molecular weight is 1020 g/mol. The fraction of sp³-hybridized carbons (Fsp3) is 0.296. The molecule has 2 unspecified atom stereocenters. The van der Waals surface area contributed by atoms with Gasteiger partial charge in [-0.3, -0.25) is 14.4 Å². The Labute approximate surface area is 427 Å². The van der Waals surface area contributed by atoms with Crippen molar-refractivity contribution in [1.82, 2.24) is 25.5 Å². The number of furan rings is 2. The van der Waals surface area contributed by atoms with Crippen LogP contribution in [0.1, 0.15) is 59.5 Å². The predicted octanol–water partition coefficient (Wildman–Crippen LogP) is 10.4. The second kappa shape index (κ2) is 26.3. The van der Waals surface area contributed by atoms with Gasteiger partial charge >= 0.3 is 0 Å². The SMILES string of the molecule is CCOC(C(=O)N(C)OC)c1ccc(-c2nnc(C)o2)cc1.CCOC(C(=O)c1ccc(-c2cc(OC)c(OC)c(OC)c2)o1)c1ccc(-c2nnc(C)o2)cc1.COc1cc(-c2ccco2)cc(OC)c1OC. The van der Waals surface area contributed by atoms with Crippen molar-refractivity contribution in [3.63, 3.8) is 0 Å². The summed E-state index contributed by atoms with van der Waals surface area (Å²) in [6, 6.07) is 28.7. The highest BCUT2D eigenvalue weighted by molar-refractivity contribution is 5.98. The molecule has 0 aliphatic heterocycles. The molecular weight excluding hydrogens is 959 g/mol. The van der Waals surface area contributed by atoms with Gasteiger partial charge in [-0.25, -0.2) is 5.06 Å². The van der Waals surface area contributed by atoms with Crippen molar-refractivity contribution in [2.75, 3.05) is 70.0 Å². The zero-order valence-corrected chi connectivity index (χ0v) is 43.2. The van der Waals surface area contributed by atoms with Gasteiger partial charge in [-0.1, -0.05) is 24.3 Å². The van der Waals surface area contributed by atoms with Crippen LogP contribution in [-0.2, 0) is 19.1 Å². The van der Waals surface area contributed by atoms with E-state index in [0.717, 1.165) is 33.1 Å². The summed E-state index contributed by atoms with van der Waals surface area (Å²) in [5.74, 6) is 5.89. The van der Waals surface area contributed by atoms with Crippen molar-refractivity contribution in [3.8, 4) is 80.1 Å². The molecule has 0 bridgehead atoms. The summed E-state index contributed by atoms with van der Waals surface area (Å²) in [6.07, 6.45) is 0.0734. The highest BCUT2D eigenvalue weighted by Gasteiger charge is 2.28. The number of nitrogens with zero attached hydrogens (tertiary/aromatic N) is 5. The molecule has 0 aliphatic rings. The van der Waals surface area contributed by atoms with E-state index in [2.05, 4.69) is 20.4 Å². The quantitative estimate of drug-likeness (QED) is 0.0511. The summed E-state index contributed by atoms with van der Waals surface area (Å²) in [4.78, 5) is 30.5. The number of methoxy groups -OCH3 is 6. The Balaban J connectivity index is 0.000000196. The first-order chi connectivity index (χ1) is 35.8. The maximum Gasteiger partial charge on any atom is 0.279 e. The maximum atomic E-state index is 13.4. The zero-order chi connectivity index (χ0) is 53.3. The molecule has 8 aromatic rings. The highest BCUT2D eigenvalue weighted by Crippen LogP contribution is 2.43. The number of carbonyl (C=O) groups excluding carboxylic acids is 2. The van der Waals surface area contributed by atoms with Gasteiger partial charge in [0.2, 0.25) is 40.8 Å². The molecule has 8 rings (SSSR count). The Morgan fingerprint density at radius 2 is 0.973 bits per heavy atom. The molecule has 20 heteroatoms. The molecule has 0 N–H and O–H groups in total. The zero-order valence-electron chi connectivity index (χ0n) is 43.2. The van der Waals surface area contributed by atoms with Crippen LogP contribution in [-0.4, -0.2) is 107 Å². The van der Waals surface area contributed by atoms with Gasteiger partial charge in [-0.2, -0.15) is 0 Å². The lowest BCUT2D eigenvalue weighted by Crippen LogP contribution is -2.32. The topological polar surface area (TPSA) is 225 Å². The molecular formula is C54H59N5O15. The summed E-state index contributed by atoms with van der Waals surface area (Å²) in [7, 11) is 12.3. The van der Waals surface area contributed by atoms with E-state index in [0.29, 0.717) is 88.2 Å². The average Bonchev–Trinajstić information content (AvgIpc) is 4.31. The first-order valence-corrected chi connectivity index (χ1v) is 23.0. The molecule has 390 valence electrons. The van der Waals surface area contributed by atoms with E-state index in [-0.39, 0.29) is 17.5 Å². The predicted molar refractivity (Wildman–Crippen MR) is 269 cm³/mol. The van der Waals surface area contributed by atoms with E-state index < -0.39 is 12.2 Å².